The van der Waals surface area contributed by atoms with Crippen molar-refractivity contribution in [1.82, 2.24) is 4.90 Å². The van der Waals surface area contributed by atoms with Gasteiger partial charge in [-0.2, -0.15) is 0 Å². The van der Waals surface area contributed by atoms with E-state index >= 15 is 0 Å². The number of ether oxygens (including phenoxy) is 1. The van der Waals surface area contributed by atoms with Gasteiger partial charge in [-0.15, -0.1) is 11.3 Å². The number of hydrogen-bond donors (Lipinski definition) is 1. The molecule has 1 aromatic carbocycles. The van der Waals surface area contributed by atoms with Crippen LogP contribution >= 0.6 is 11.3 Å². The Morgan fingerprint density at radius 1 is 1.36 bits per heavy atom. The Morgan fingerprint density at radius 3 is 3.05 bits per heavy atom. The SMILES string of the molecule is NC1CCCN(C(=O)c2cccc(OCc3cccs3)c2)C1. The Morgan fingerprint density at radius 2 is 2.27 bits per heavy atom. The van der Waals surface area contributed by atoms with E-state index < -0.39 is 0 Å². The molecule has 1 fully saturated rings. The molecule has 2 heterocycles. The molecular weight excluding hydrogens is 296 g/mol. The fourth-order valence-corrected chi connectivity index (χ4v) is 3.26. The summed E-state index contributed by atoms with van der Waals surface area (Å²) in [5.74, 6) is 0.761. The van der Waals surface area contributed by atoms with Crippen LogP contribution in [0.4, 0.5) is 0 Å². The maximum absolute atomic E-state index is 12.5. The number of piperidine rings is 1. The zero-order valence-electron chi connectivity index (χ0n) is 12.4. The molecule has 116 valence electrons. The van der Waals surface area contributed by atoms with Crippen LogP contribution < -0.4 is 10.5 Å². The van der Waals surface area contributed by atoms with Crippen LogP contribution in [0, 0.1) is 0 Å². The number of rotatable bonds is 4. The zero-order chi connectivity index (χ0) is 15.4. The van der Waals surface area contributed by atoms with Crippen LogP contribution in [0.15, 0.2) is 41.8 Å². The Hall–Kier alpha value is -1.85. The standard InChI is InChI=1S/C17H20N2O2S/c18-14-5-2-8-19(11-14)17(20)13-4-1-6-15(10-13)21-12-16-7-3-9-22-16/h1,3-4,6-7,9-10,14H,2,5,8,11-12,18H2. The maximum Gasteiger partial charge on any atom is 0.254 e. The van der Waals surface area contributed by atoms with Gasteiger partial charge in [0.05, 0.1) is 0 Å². The van der Waals surface area contributed by atoms with Crippen molar-refractivity contribution in [3.8, 4) is 5.75 Å². The molecule has 1 saturated heterocycles. The van der Waals surface area contributed by atoms with Crippen molar-refractivity contribution in [2.75, 3.05) is 13.1 Å². The largest absolute Gasteiger partial charge is 0.488 e. The third kappa shape index (κ3) is 3.67. The second kappa shape index (κ2) is 6.94. The Kier molecular flexibility index (Phi) is 4.75. The average Bonchev–Trinajstić information content (AvgIpc) is 3.06. The molecule has 0 bridgehead atoms. The van der Waals surface area contributed by atoms with E-state index in [4.69, 9.17) is 10.5 Å². The van der Waals surface area contributed by atoms with Crippen LogP contribution in [0.5, 0.6) is 5.75 Å². The van der Waals surface area contributed by atoms with E-state index in [1.54, 1.807) is 11.3 Å². The molecule has 0 spiro atoms. The molecule has 0 aliphatic carbocycles. The van der Waals surface area contributed by atoms with Crippen molar-refractivity contribution in [3.63, 3.8) is 0 Å². The summed E-state index contributed by atoms with van der Waals surface area (Å²) >= 11 is 1.66. The molecule has 4 nitrogen and oxygen atoms in total. The molecule has 1 aliphatic heterocycles. The lowest BCUT2D eigenvalue weighted by atomic mass is 10.1. The molecule has 0 radical (unpaired) electrons. The van der Waals surface area contributed by atoms with Gasteiger partial charge in [0.1, 0.15) is 12.4 Å². The number of hydrogen-bond acceptors (Lipinski definition) is 4. The molecule has 1 aromatic heterocycles. The van der Waals surface area contributed by atoms with Gasteiger partial charge in [0.25, 0.3) is 5.91 Å². The summed E-state index contributed by atoms with van der Waals surface area (Å²) in [4.78, 5) is 15.6. The van der Waals surface area contributed by atoms with Crippen LogP contribution in [0.1, 0.15) is 28.1 Å². The summed E-state index contributed by atoms with van der Waals surface area (Å²) < 4.78 is 5.76. The summed E-state index contributed by atoms with van der Waals surface area (Å²) in [5.41, 5.74) is 6.62. The molecule has 2 aromatic rings. The minimum Gasteiger partial charge on any atom is -0.488 e. The summed E-state index contributed by atoms with van der Waals surface area (Å²) in [6.07, 6.45) is 1.97. The van der Waals surface area contributed by atoms with E-state index in [0.717, 1.165) is 25.1 Å². The minimum atomic E-state index is 0.0386. The second-order valence-corrected chi connectivity index (χ2v) is 6.58. The summed E-state index contributed by atoms with van der Waals surface area (Å²) in [6, 6.07) is 11.5. The maximum atomic E-state index is 12.5. The van der Waals surface area contributed by atoms with Gasteiger partial charge >= 0.3 is 0 Å². The summed E-state index contributed by atoms with van der Waals surface area (Å²) in [5, 5.41) is 2.03. The molecule has 22 heavy (non-hydrogen) atoms. The van der Waals surface area contributed by atoms with Gasteiger partial charge in [-0.3, -0.25) is 4.79 Å². The van der Waals surface area contributed by atoms with Gasteiger partial charge in [0.15, 0.2) is 0 Å². The average molecular weight is 316 g/mol. The molecule has 1 aliphatic rings. The fourth-order valence-electron chi connectivity index (χ4n) is 2.65. The lowest BCUT2D eigenvalue weighted by molar-refractivity contribution is 0.0708. The first-order chi connectivity index (χ1) is 10.7. The van der Waals surface area contributed by atoms with E-state index in [-0.39, 0.29) is 11.9 Å². The minimum absolute atomic E-state index is 0.0386. The van der Waals surface area contributed by atoms with Crippen molar-refractivity contribution in [2.45, 2.75) is 25.5 Å². The first-order valence-electron chi connectivity index (χ1n) is 7.52. The highest BCUT2D eigenvalue weighted by atomic mass is 32.1. The van der Waals surface area contributed by atoms with Crippen molar-refractivity contribution in [2.24, 2.45) is 5.73 Å². The quantitative estimate of drug-likeness (QED) is 0.943. The van der Waals surface area contributed by atoms with Gasteiger partial charge in [-0.05, 0) is 42.5 Å². The summed E-state index contributed by atoms with van der Waals surface area (Å²) in [7, 11) is 0. The van der Waals surface area contributed by atoms with Crippen molar-refractivity contribution in [3.05, 3.63) is 52.2 Å². The highest BCUT2D eigenvalue weighted by Crippen LogP contribution is 2.19. The van der Waals surface area contributed by atoms with Gasteiger partial charge in [0, 0.05) is 29.6 Å². The van der Waals surface area contributed by atoms with Gasteiger partial charge in [-0.1, -0.05) is 12.1 Å². The van der Waals surface area contributed by atoms with E-state index in [1.165, 1.54) is 4.88 Å². The number of thiophene rings is 1. The third-order valence-corrected chi connectivity index (χ3v) is 4.64. The lowest BCUT2D eigenvalue weighted by Crippen LogP contribution is -2.45. The fraction of sp³-hybridized carbons (Fsp3) is 0.353. The molecular formula is C17H20N2O2S. The molecule has 5 heteroatoms. The number of likely N-dealkylation sites (tertiary alicyclic amines) is 1. The van der Waals surface area contributed by atoms with E-state index in [2.05, 4.69) is 0 Å². The topological polar surface area (TPSA) is 55.6 Å². The van der Waals surface area contributed by atoms with Crippen LogP contribution in [0.3, 0.4) is 0 Å². The van der Waals surface area contributed by atoms with E-state index in [1.807, 2.05) is 46.7 Å². The number of nitrogens with two attached hydrogens (primary N) is 1. The molecule has 1 amide bonds. The Labute approximate surface area is 134 Å². The zero-order valence-corrected chi connectivity index (χ0v) is 13.2. The summed E-state index contributed by atoms with van der Waals surface area (Å²) in [6.45, 7) is 1.95. The number of nitrogens with zero attached hydrogens (tertiary/aromatic N) is 1. The highest BCUT2D eigenvalue weighted by molar-refractivity contribution is 7.09. The van der Waals surface area contributed by atoms with Gasteiger partial charge in [-0.25, -0.2) is 0 Å². The van der Waals surface area contributed by atoms with Crippen molar-refractivity contribution < 1.29 is 9.53 Å². The van der Waals surface area contributed by atoms with Crippen molar-refractivity contribution in [1.29, 1.82) is 0 Å². The van der Waals surface area contributed by atoms with Crippen LogP contribution in [-0.2, 0) is 6.61 Å². The molecule has 1 unspecified atom stereocenters. The van der Waals surface area contributed by atoms with Crippen LogP contribution in [0.2, 0.25) is 0 Å². The number of benzene rings is 1. The number of carbonyl (C=O) groups excluding carboxylic acids is 1. The normalized spacial score (nSPS) is 18.2. The predicted octanol–water partition coefficient (Wildman–Crippen LogP) is 2.89. The molecule has 1 atom stereocenters. The molecule has 3 rings (SSSR count). The monoisotopic (exact) mass is 316 g/mol. The molecule has 0 saturated carbocycles. The van der Waals surface area contributed by atoms with E-state index in [0.29, 0.717) is 18.7 Å². The second-order valence-electron chi connectivity index (χ2n) is 5.55. The van der Waals surface area contributed by atoms with E-state index in [9.17, 15) is 4.79 Å². The highest BCUT2D eigenvalue weighted by Gasteiger charge is 2.22. The van der Waals surface area contributed by atoms with Crippen LogP contribution in [-0.4, -0.2) is 29.9 Å². The smallest absolute Gasteiger partial charge is 0.254 e. The number of amides is 1. The Bertz CT molecular complexity index is 627. The molecule has 2 N–H and O–H groups in total. The Balaban J connectivity index is 1.66. The van der Waals surface area contributed by atoms with Crippen molar-refractivity contribution >= 4 is 17.2 Å². The van der Waals surface area contributed by atoms with Gasteiger partial charge < -0.3 is 15.4 Å². The van der Waals surface area contributed by atoms with Crippen LogP contribution in [0.25, 0.3) is 0 Å². The van der Waals surface area contributed by atoms with Gasteiger partial charge in [0.2, 0.25) is 0 Å². The third-order valence-electron chi connectivity index (χ3n) is 3.79. The lowest BCUT2D eigenvalue weighted by Gasteiger charge is -2.30. The number of carbonyl (C=O) groups is 1. The predicted molar refractivity (Wildman–Crippen MR) is 88.2 cm³/mol. The first-order valence-corrected chi connectivity index (χ1v) is 8.40. The first kappa shape index (κ1) is 15.1.